The van der Waals surface area contributed by atoms with Crippen LogP contribution in [0.15, 0.2) is 0 Å². The average molecular weight is 239 g/mol. The van der Waals surface area contributed by atoms with Crippen molar-refractivity contribution in [1.82, 2.24) is 5.32 Å². The van der Waals surface area contributed by atoms with E-state index in [0.29, 0.717) is 6.04 Å². The number of hydrogen-bond donors (Lipinski definition) is 1. The normalized spacial score (nSPS) is 19.1. The third kappa shape index (κ3) is 5.70. The van der Waals surface area contributed by atoms with Gasteiger partial charge < -0.3 is 10.1 Å². The Kier molecular flexibility index (Phi) is 4.62. The van der Waals surface area contributed by atoms with Gasteiger partial charge in [-0.1, -0.05) is 13.8 Å². The zero-order valence-electron chi connectivity index (χ0n) is 9.86. The first-order chi connectivity index (χ1) is 7.33. The molecule has 1 fully saturated rings. The van der Waals surface area contributed by atoms with Crippen LogP contribution in [0.3, 0.4) is 0 Å². The summed E-state index contributed by atoms with van der Waals surface area (Å²) in [4.78, 5) is 0. The van der Waals surface area contributed by atoms with Gasteiger partial charge in [-0.15, -0.1) is 0 Å². The van der Waals surface area contributed by atoms with E-state index in [1.807, 2.05) is 0 Å². The zero-order chi connectivity index (χ0) is 12.2. The van der Waals surface area contributed by atoms with Crippen LogP contribution in [-0.2, 0) is 4.74 Å². The van der Waals surface area contributed by atoms with Gasteiger partial charge in [-0.3, -0.25) is 0 Å². The first kappa shape index (κ1) is 13.8. The van der Waals surface area contributed by atoms with E-state index in [0.717, 1.165) is 25.8 Å². The summed E-state index contributed by atoms with van der Waals surface area (Å²) >= 11 is 0. The van der Waals surface area contributed by atoms with Gasteiger partial charge in [0.15, 0.2) is 0 Å². The molecule has 0 aliphatic heterocycles. The maximum atomic E-state index is 11.8. The van der Waals surface area contributed by atoms with Gasteiger partial charge in [0.1, 0.15) is 6.61 Å². The van der Waals surface area contributed by atoms with E-state index >= 15 is 0 Å². The number of alkyl halides is 3. The number of halogens is 3. The first-order valence-corrected chi connectivity index (χ1v) is 5.71. The molecular weight excluding hydrogens is 219 g/mol. The lowest BCUT2D eigenvalue weighted by Crippen LogP contribution is -2.30. The van der Waals surface area contributed by atoms with Gasteiger partial charge in [-0.2, -0.15) is 13.2 Å². The van der Waals surface area contributed by atoms with E-state index < -0.39 is 12.8 Å². The van der Waals surface area contributed by atoms with Gasteiger partial charge in [0.2, 0.25) is 0 Å². The lowest BCUT2D eigenvalue weighted by molar-refractivity contribution is -0.174. The van der Waals surface area contributed by atoms with Crippen LogP contribution in [0.2, 0.25) is 0 Å². The van der Waals surface area contributed by atoms with E-state index in [2.05, 4.69) is 23.9 Å². The van der Waals surface area contributed by atoms with Crippen LogP contribution in [0.25, 0.3) is 0 Å². The average Bonchev–Trinajstić information content (AvgIpc) is 2.89. The molecular formula is C11H20F3NO. The smallest absolute Gasteiger partial charge is 0.372 e. The van der Waals surface area contributed by atoms with E-state index in [4.69, 9.17) is 0 Å². The van der Waals surface area contributed by atoms with Crippen molar-refractivity contribution >= 4 is 0 Å². The molecule has 0 spiro atoms. The molecule has 5 heteroatoms. The summed E-state index contributed by atoms with van der Waals surface area (Å²) in [6, 6.07) is 0.425. The highest BCUT2D eigenvalue weighted by molar-refractivity contribution is 4.94. The van der Waals surface area contributed by atoms with Crippen molar-refractivity contribution < 1.29 is 17.9 Å². The summed E-state index contributed by atoms with van der Waals surface area (Å²) in [5.74, 6) is 0. The molecule has 1 saturated carbocycles. The summed E-state index contributed by atoms with van der Waals surface area (Å²) < 4.78 is 40.1. The van der Waals surface area contributed by atoms with Crippen LogP contribution in [0, 0.1) is 5.41 Å². The molecule has 1 aliphatic rings. The van der Waals surface area contributed by atoms with Gasteiger partial charge in [0.25, 0.3) is 0 Å². The van der Waals surface area contributed by atoms with E-state index in [1.54, 1.807) is 0 Å². The lowest BCUT2D eigenvalue weighted by atomic mass is 10.0. The molecule has 0 radical (unpaired) electrons. The number of ether oxygens (including phenoxy) is 1. The van der Waals surface area contributed by atoms with Crippen molar-refractivity contribution in [2.75, 3.05) is 19.8 Å². The molecule has 0 amide bonds. The summed E-state index contributed by atoms with van der Waals surface area (Å²) in [6.45, 7) is 4.10. The molecule has 1 rings (SSSR count). The maximum Gasteiger partial charge on any atom is 0.411 e. The minimum Gasteiger partial charge on any atom is -0.372 e. The molecule has 0 aromatic rings. The summed E-state index contributed by atoms with van der Waals surface area (Å²) in [5, 5.41) is 3.33. The molecule has 16 heavy (non-hydrogen) atoms. The topological polar surface area (TPSA) is 21.3 Å². The van der Waals surface area contributed by atoms with Crippen molar-refractivity contribution in [3.8, 4) is 0 Å². The third-order valence-electron chi connectivity index (χ3n) is 2.88. The van der Waals surface area contributed by atoms with Crippen molar-refractivity contribution in [2.24, 2.45) is 5.41 Å². The molecule has 0 bridgehead atoms. The fourth-order valence-electron chi connectivity index (χ4n) is 1.59. The second kappa shape index (κ2) is 5.36. The van der Waals surface area contributed by atoms with Crippen molar-refractivity contribution in [3.63, 3.8) is 0 Å². The molecule has 0 saturated heterocycles. The van der Waals surface area contributed by atoms with Gasteiger partial charge >= 0.3 is 6.18 Å². The van der Waals surface area contributed by atoms with Gasteiger partial charge in [-0.25, -0.2) is 0 Å². The van der Waals surface area contributed by atoms with Crippen molar-refractivity contribution in [1.29, 1.82) is 0 Å². The number of rotatable bonds is 7. The van der Waals surface area contributed by atoms with Gasteiger partial charge in [0.05, 0.1) is 0 Å². The van der Waals surface area contributed by atoms with Crippen LogP contribution in [0.5, 0.6) is 0 Å². The van der Waals surface area contributed by atoms with Gasteiger partial charge in [-0.05, 0) is 24.7 Å². The highest BCUT2D eigenvalue weighted by atomic mass is 19.4. The number of hydrogen-bond acceptors (Lipinski definition) is 2. The molecule has 1 aliphatic carbocycles. The quantitative estimate of drug-likeness (QED) is 0.690. The Morgan fingerprint density at radius 1 is 1.31 bits per heavy atom. The predicted octanol–water partition coefficient (Wildman–Crippen LogP) is 2.73. The van der Waals surface area contributed by atoms with Crippen LogP contribution in [0.4, 0.5) is 13.2 Å². The zero-order valence-corrected chi connectivity index (χ0v) is 9.86. The highest BCUT2D eigenvalue weighted by Crippen LogP contribution is 2.48. The van der Waals surface area contributed by atoms with Crippen LogP contribution < -0.4 is 5.32 Å². The third-order valence-corrected chi connectivity index (χ3v) is 2.88. The minimum atomic E-state index is -4.20. The van der Waals surface area contributed by atoms with Crippen LogP contribution >= 0.6 is 0 Å². The maximum absolute atomic E-state index is 11.8. The Bertz CT molecular complexity index is 212. The Hall–Kier alpha value is -0.290. The minimum absolute atomic E-state index is 0.204. The fraction of sp³-hybridized carbons (Fsp3) is 1.00. The molecule has 1 N–H and O–H groups in total. The lowest BCUT2D eigenvalue weighted by Gasteiger charge is -2.18. The highest BCUT2D eigenvalue weighted by Gasteiger charge is 2.41. The Morgan fingerprint density at radius 2 is 1.94 bits per heavy atom. The predicted molar refractivity (Wildman–Crippen MR) is 56.3 cm³/mol. The largest absolute Gasteiger partial charge is 0.411 e. The standard InChI is InChI=1S/C11H20F3NO/c1-9(2)15-7-10(3-4-10)5-6-16-8-11(12,13)14/h9,15H,3-8H2,1-2H3. The number of nitrogens with one attached hydrogen (secondary N) is 1. The molecule has 0 heterocycles. The first-order valence-electron chi connectivity index (χ1n) is 5.71. The Morgan fingerprint density at radius 3 is 2.38 bits per heavy atom. The second-order valence-corrected chi connectivity index (χ2v) is 4.95. The molecule has 96 valence electrons. The molecule has 0 atom stereocenters. The SMILES string of the molecule is CC(C)NCC1(CCOCC(F)(F)F)CC1. The van der Waals surface area contributed by atoms with E-state index in [1.165, 1.54) is 0 Å². The Labute approximate surface area is 94.5 Å². The summed E-state index contributed by atoms with van der Waals surface area (Å²) in [5.41, 5.74) is 0.204. The molecule has 0 aromatic heterocycles. The molecule has 0 aromatic carbocycles. The monoisotopic (exact) mass is 239 g/mol. The second-order valence-electron chi connectivity index (χ2n) is 4.95. The van der Waals surface area contributed by atoms with Gasteiger partial charge in [0, 0.05) is 19.2 Å². The fourth-order valence-corrected chi connectivity index (χ4v) is 1.59. The van der Waals surface area contributed by atoms with Crippen molar-refractivity contribution in [3.05, 3.63) is 0 Å². The van der Waals surface area contributed by atoms with E-state index in [-0.39, 0.29) is 12.0 Å². The molecule has 2 nitrogen and oxygen atoms in total. The molecule has 0 unspecified atom stereocenters. The van der Waals surface area contributed by atoms with E-state index in [9.17, 15) is 13.2 Å². The van der Waals surface area contributed by atoms with Crippen molar-refractivity contribution in [2.45, 2.75) is 45.3 Å². The Balaban J connectivity index is 2.08. The van der Waals surface area contributed by atoms with Crippen LogP contribution in [0.1, 0.15) is 33.1 Å². The summed E-state index contributed by atoms with van der Waals surface area (Å²) in [6.07, 6.45) is -1.28. The summed E-state index contributed by atoms with van der Waals surface area (Å²) in [7, 11) is 0. The van der Waals surface area contributed by atoms with Crippen LogP contribution in [-0.4, -0.2) is 32.0 Å².